The van der Waals surface area contributed by atoms with Crippen LogP contribution in [0.15, 0.2) is 24.3 Å². The lowest BCUT2D eigenvalue weighted by Crippen LogP contribution is -2.45. The maximum atomic E-state index is 12.5. The number of fused-ring (bicyclic) bond motifs is 5. The first kappa shape index (κ1) is 13.1. The molecule has 0 aromatic heterocycles. The van der Waals surface area contributed by atoms with Gasteiger partial charge in [0, 0.05) is 17.2 Å². The highest BCUT2D eigenvalue weighted by Gasteiger charge is 2.56. The van der Waals surface area contributed by atoms with Crippen LogP contribution in [0.5, 0.6) is 0 Å². The van der Waals surface area contributed by atoms with Crippen molar-refractivity contribution in [3.8, 4) is 0 Å². The van der Waals surface area contributed by atoms with Crippen molar-refractivity contribution in [1.82, 2.24) is 0 Å². The molecule has 3 aliphatic carbocycles. The summed E-state index contributed by atoms with van der Waals surface area (Å²) in [6.45, 7) is 0. The maximum Gasteiger partial charge on any atom is 0.140 e. The minimum Gasteiger partial charge on any atom is -0.299 e. The van der Waals surface area contributed by atoms with Gasteiger partial charge in [-0.15, -0.1) is 0 Å². The van der Waals surface area contributed by atoms with Gasteiger partial charge in [-0.1, -0.05) is 40.2 Å². The number of hydrogen-bond acceptors (Lipinski definition) is 1. The summed E-state index contributed by atoms with van der Waals surface area (Å²) in [5.74, 6) is 2.61. The standard InChI is InChI=1S/C18H21BrO/c19-11-18-10-9-14-13-4-2-1-3-12(13)5-6-15(14)16(18)7-8-17(18)20/h1-4,14-16H,5-11H2/t14-,15-,16+,18-/m1/s1. The van der Waals surface area contributed by atoms with E-state index >= 15 is 0 Å². The molecular weight excluding hydrogens is 312 g/mol. The van der Waals surface area contributed by atoms with Gasteiger partial charge in [-0.05, 0) is 61.0 Å². The van der Waals surface area contributed by atoms with Crippen molar-refractivity contribution >= 4 is 21.7 Å². The van der Waals surface area contributed by atoms with E-state index in [9.17, 15) is 4.79 Å². The van der Waals surface area contributed by atoms with Crippen molar-refractivity contribution in [3.63, 3.8) is 0 Å². The third-order valence-electron chi connectivity index (χ3n) is 6.32. The van der Waals surface area contributed by atoms with E-state index in [0.29, 0.717) is 17.6 Å². The maximum absolute atomic E-state index is 12.5. The molecule has 1 nitrogen and oxygen atoms in total. The Balaban J connectivity index is 1.73. The third kappa shape index (κ3) is 1.63. The number of benzene rings is 1. The van der Waals surface area contributed by atoms with Crippen LogP contribution in [0.3, 0.4) is 0 Å². The predicted molar refractivity (Wildman–Crippen MR) is 84.2 cm³/mol. The summed E-state index contributed by atoms with van der Waals surface area (Å²) in [7, 11) is 0. The van der Waals surface area contributed by atoms with Crippen LogP contribution in [0.2, 0.25) is 0 Å². The SMILES string of the molecule is O=C1CC[C@H]2[C@@H]3CCc4ccccc4[C@H]3CC[C@]12CBr. The second-order valence-electron chi connectivity index (χ2n) is 6.90. The Bertz CT molecular complexity index is 552. The molecule has 0 unspecified atom stereocenters. The lowest BCUT2D eigenvalue weighted by molar-refractivity contribution is -0.128. The molecule has 0 N–H and O–H groups in total. The van der Waals surface area contributed by atoms with E-state index in [1.807, 2.05) is 0 Å². The summed E-state index contributed by atoms with van der Waals surface area (Å²) in [5, 5.41) is 0.883. The molecule has 0 amide bonds. The molecule has 0 aliphatic heterocycles. The fraction of sp³-hybridized carbons (Fsp3) is 0.611. The van der Waals surface area contributed by atoms with Gasteiger partial charge in [0.1, 0.15) is 5.78 Å². The molecule has 0 bridgehead atoms. The fourth-order valence-corrected chi connectivity index (χ4v) is 6.36. The first-order valence-corrected chi connectivity index (χ1v) is 9.05. The molecule has 20 heavy (non-hydrogen) atoms. The molecule has 106 valence electrons. The highest BCUT2D eigenvalue weighted by Crippen LogP contribution is 2.60. The van der Waals surface area contributed by atoms with Gasteiger partial charge in [-0.25, -0.2) is 0 Å². The number of carbonyl (C=O) groups is 1. The van der Waals surface area contributed by atoms with Gasteiger partial charge in [0.05, 0.1) is 0 Å². The number of rotatable bonds is 1. The summed E-state index contributed by atoms with van der Waals surface area (Å²) in [4.78, 5) is 12.5. The molecule has 3 aliphatic rings. The average Bonchev–Trinajstić information content (AvgIpc) is 2.85. The number of halogens is 1. The minimum absolute atomic E-state index is 0.0204. The Hall–Kier alpha value is -0.630. The second kappa shape index (κ2) is 4.69. The summed E-state index contributed by atoms with van der Waals surface area (Å²) < 4.78 is 0. The van der Waals surface area contributed by atoms with E-state index < -0.39 is 0 Å². The van der Waals surface area contributed by atoms with Crippen LogP contribution in [-0.2, 0) is 11.2 Å². The summed E-state index contributed by atoms with van der Waals surface area (Å²) in [6, 6.07) is 9.00. The smallest absolute Gasteiger partial charge is 0.140 e. The second-order valence-corrected chi connectivity index (χ2v) is 7.47. The third-order valence-corrected chi connectivity index (χ3v) is 7.32. The van der Waals surface area contributed by atoms with Crippen molar-refractivity contribution in [1.29, 1.82) is 0 Å². The van der Waals surface area contributed by atoms with Gasteiger partial charge in [-0.2, -0.15) is 0 Å². The van der Waals surface area contributed by atoms with Crippen molar-refractivity contribution in [2.24, 2.45) is 17.3 Å². The van der Waals surface area contributed by atoms with E-state index in [4.69, 9.17) is 0 Å². The monoisotopic (exact) mass is 332 g/mol. The van der Waals surface area contributed by atoms with E-state index in [0.717, 1.165) is 30.5 Å². The van der Waals surface area contributed by atoms with Crippen LogP contribution in [0.4, 0.5) is 0 Å². The van der Waals surface area contributed by atoms with Gasteiger partial charge < -0.3 is 0 Å². The summed E-state index contributed by atoms with van der Waals surface area (Å²) >= 11 is 3.68. The van der Waals surface area contributed by atoms with Crippen LogP contribution in [0.25, 0.3) is 0 Å². The van der Waals surface area contributed by atoms with Crippen molar-refractivity contribution in [2.45, 2.75) is 44.4 Å². The number of carbonyl (C=O) groups excluding carboxylic acids is 1. The van der Waals surface area contributed by atoms with Crippen LogP contribution in [-0.4, -0.2) is 11.1 Å². The first-order valence-electron chi connectivity index (χ1n) is 7.93. The molecule has 4 atom stereocenters. The number of Topliss-reactive ketones (excluding diaryl/α,β-unsaturated/α-hetero) is 1. The van der Waals surface area contributed by atoms with E-state index in [1.165, 1.54) is 19.3 Å². The average molecular weight is 333 g/mol. The molecule has 0 saturated heterocycles. The molecule has 0 spiro atoms. The zero-order chi connectivity index (χ0) is 13.7. The van der Waals surface area contributed by atoms with Gasteiger partial charge in [-0.3, -0.25) is 4.79 Å². The highest BCUT2D eigenvalue weighted by atomic mass is 79.9. The van der Waals surface area contributed by atoms with Gasteiger partial charge in [0.25, 0.3) is 0 Å². The van der Waals surface area contributed by atoms with Crippen LogP contribution < -0.4 is 0 Å². The lowest BCUT2D eigenvalue weighted by Gasteiger charge is -2.49. The number of ketones is 1. The Morgan fingerprint density at radius 2 is 2.00 bits per heavy atom. The topological polar surface area (TPSA) is 17.1 Å². The van der Waals surface area contributed by atoms with E-state index in [2.05, 4.69) is 40.2 Å². The molecule has 0 radical (unpaired) electrons. The van der Waals surface area contributed by atoms with Crippen molar-refractivity contribution in [3.05, 3.63) is 35.4 Å². The number of alkyl halides is 1. The molecule has 1 aromatic rings. The quantitative estimate of drug-likeness (QED) is 0.692. The van der Waals surface area contributed by atoms with Gasteiger partial charge in [0.15, 0.2) is 0 Å². The summed E-state index contributed by atoms with van der Waals surface area (Å²) in [5.41, 5.74) is 3.13. The van der Waals surface area contributed by atoms with Gasteiger partial charge in [0.2, 0.25) is 0 Å². The van der Waals surface area contributed by atoms with Crippen molar-refractivity contribution < 1.29 is 4.79 Å². The van der Waals surface area contributed by atoms with Crippen molar-refractivity contribution in [2.75, 3.05) is 5.33 Å². The molecule has 1 aromatic carbocycles. The molecule has 2 saturated carbocycles. The largest absolute Gasteiger partial charge is 0.299 e. The fourth-order valence-electron chi connectivity index (χ4n) is 5.35. The first-order chi connectivity index (χ1) is 9.76. The van der Waals surface area contributed by atoms with E-state index in [1.54, 1.807) is 11.1 Å². The van der Waals surface area contributed by atoms with Crippen LogP contribution in [0.1, 0.15) is 49.1 Å². The Labute approximate surface area is 129 Å². The lowest BCUT2D eigenvalue weighted by atomic mass is 9.55. The van der Waals surface area contributed by atoms with Gasteiger partial charge >= 0.3 is 0 Å². The zero-order valence-electron chi connectivity index (χ0n) is 11.8. The number of aryl methyl sites for hydroxylation is 1. The molecule has 2 heteroatoms. The van der Waals surface area contributed by atoms with Crippen LogP contribution in [0, 0.1) is 17.3 Å². The van der Waals surface area contributed by atoms with Crippen LogP contribution >= 0.6 is 15.9 Å². The number of hydrogen-bond donors (Lipinski definition) is 0. The molecule has 4 rings (SSSR count). The zero-order valence-corrected chi connectivity index (χ0v) is 13.4. The Morgan fingerprint density at radius 3 is 2.85 bits per heavy atom. The Kier molecular flexibility index (Phi) is 3.06. The Morgan fingerprint density at radius 1 is 1.15 bits per heavy atom. The molecule has 0 heterocycles. The normalized spacial score (nSPS) is 39.0. The predicted octanol–water partition coefficient (Wildman–Crippen LogP) is 4.49. The van der Waals surface area contributed by atoms with E-state index in [-0.39, 0.29) is 5.41 Å². The molecule has 2 fully saturated rings. The summed E-state index contributed by atoms with van der Waals surface area (Å²) in [6.07, 6.45) is 6.75. The highest BCUT2D eigenvalue weighted by molar-refractivity contribution is 9.09. The molecular formula is C18H21BrO. The minimum atomic E-state index is -0.0204.